The van der Waals surface area contributed by atoms with E-state index in [2.05, 4.69) is 15.6 Å². The second kappa shape index (κ2) is 6.96. The van der Waals surface area contributed by atoms with E-state index in [4.69, 9.17) is 0 Å². The van der Waals surface area contributed by atoms with E-state index in [9.17, 15) is 14.4 Å². The number of hydrogen-bond donors (Lipinski definition) is 3. The SMILES string of the molecule is Cc1c[nH]c(=O)n1-c1ccc([C@@H](C)NC(=O)CNC(=O)C2CC2)cc1. The smallest absolute Gasteiger partial charge is 0.330 e. The number of nitrogens with zero attached hydrogens (tertiary/aromatic N) is 1. The molecule has 3 N–H and O–H groups in total. The molecule has 1 aliphatic rings. The molecule has 3 rings (SSSR count). The van der Waals surface area contributed by atoms with E-state index < -0.39 is 0 Å². The standard InChI is InChI=1S/C18H22N4O3/c1-11-9-20-18(25)22(11)15-7-5-13(6-8-15)12(2)21-16(23)10-19-17(24)14-3-4-14/h5-9,12,14H,3-4,10H2,1-2H3,(H,19,24)(H,20,25)(H,21,23)/t12-/m1/s1. The van der Waals surface area contributed by atoms with Crippen LogP contribution in [0.2, 0.25) is 0 Å². The number of carbonyl (C=O) groups is 2. The van der Waals surface area contributed by atoms with Crippen molar-refractivity contribution in [1.82, 2.24) is 20.2 Å². The highest BCUT2D eigenvalue weighted by Gasteiger charge is 2.29. The average Bonchev–Trinajstić information content (AvgIpc) is 3.39. The summed E-state index contributed by atoms with van der Waals surface area (Å²) in [6.45, 7) is 3.73. The van der Waals surface area contributed by atoms with E-state index in [0.717, 1.165) is 29.8 Å². The van der Waals surface area contributed by atoms with Gasteiger partial charge in [-0.2, -0.15) is 0 Å². The van der Waals surface area contributed by atoms with E-state index in [-0.39, 0.29) is 36.0 Å². The van der Waals surface area contributed by atoms with Crippen molar-refractivity contribution < 1.29 is 9.59 Å². The molecule has 1 atom stereocenters. The zero-order valence-corrected chi connectivity index (χ0v) is 14.3. The Morgan fingerprint density at radius 2 is 1.96 bits per heavy atom. The van der Waals surface area contributed by atoms with Crippen molar-refractivity contribution in [3.63, 3.8) is 0 Å². The Labute approximate surface area is 145 Å². The van der Waals surface area contributed by atoms with Gasteiger partial charge in [0.2, 0.25) is 11.8 Å². The van der Waals surface area contributed by atoms with Crippen LogP contribution in [0.3, 0.4) is 0 Å². The first-order chi connectivity index (χ1) is 12.0. The summed E-state index contributed by atoms with van der Waals surface area (Å²) in [6.07, 6.45) is 3.49. The highest BCUT2D eigenvalue weighted by atomic mass is 16.2. The lowest BCUT2D eigenvalue weighted by Crippen LogP contribution is -2.38. The van der Waals surface area contributed by atoms with Gasteiger partial charge in [0.15, 0.2) is 0 Å². The van der Waals surface area contributed by atoms with Crippen LogP contribution in [0, 0.1) is 12.8 Å². The number of carbonyl (C=O) groups excluding carboxylic acids is 2. The van der Waals surface area contributed by atoms with Crippen LogP contribution in [-0.2, 0) is 9.59 Å². The van der Waals surface area contributed by atoms with Crippen molar-refractivity contribution in [2.24, 2.45) is 5.92 Å². The highest BCUT2D eigenvalue weighted by molar-refractivity contribution is 5.87. The monoisotopic (exact) mass is 342 g/mol. The number of aromatic nitrogens is 2. The Bertz CT molecular complexity index is 831. The number of nitrogens with one attached hydrogen (secondary N) is 3. The summed E-state index contributed by atoms with van der Waals surface area (Å²) in [4.78, 5) is 37.9. The van der Waals surface area contributed by atoms with E-state index in [1.807, 2.05) is 38.1 Å². The summed E-state index contributed by atoms with van der Waals surface area (Å²) < 4.78 is 1.58. The van der Waals surface area contributed by atoms with Gasteiger partial charge in [-0.3, -0.25) is 14.2 Å². The van der Waals surface area contributed by atoms with Crippen LogP contribution in [0.1, 0.15) is 37.1 Å². The molecule has 2 aromatic rings. The molecule has 0 unspecified atom stereocenters. The summed E-state index contributed by atoms with van der Waals surface area (Å²) in [5.41, 5.74) is 2.33. The van der Waals surface area contributed by atoms with Crippen LogP contribution in [-0.4, -0.2) is 27.9 Å². The fourth-order valence-electron chi connectivity index (χ4n) is 2.72. The number of aryl methyl sites for hydroxylation is 1. The van der Waals surface area contributed by atoms with Gasteiger partial charge >= 0.3 is 5.69 Å². The third-order valence-electron chi connectivity index (χ3n) is 4.36. The van der Waals surface area contributed by atoms with Crippen LogP contribution >= 0.6 is 0 Å². The minimum atomic E-state index is -0.219. The van der Waals surface area contributed by atoms with Gasteiger partial charge in [-0.15, -0.1) is 0 Å². The van der Waals surface area contributed by atoms with Crippen molar-refractivity contribution in [3.05, 3.63) is 52.2 Å². The average molecular weight is 342 g/mol. The Kier molecular flexibility index (Phi) is 4.74. The van der Waals surface area contributed by atoms with Crippen molar-refractivity contribution in [1.29, 1.82) is 0 Å². The zero-order valence-electron chi connectivity index (χ0n) is 14.3. The van der Waals surface area contributed by atoms with Gasteiger partial charge in [0.1, 0.15) is 0 Å². The Morgan fingerprint density at radius 3 is 2.52 bits per heavy atom. The maximum absolute atomic E-state index is 11.9. The fraction of sp³-hybridized carbons (Fsp3) is 0.389. The zero-order chi connectivity index (χ0) is 18.0. The van der Waals surface area contributed by atoms with Crippen LogP contribution in [0.4, 0.5) is 0 Å². The third kappa shape index (κ3) is 3.99. The van der Waals surface area contributed by atoms with Crippen molar-refractivity contribution >= 4 is 11.8 Å². The van der Waals surface area contributed by atoms with Crippen molar-refractivity contribution in [3.8, 4) is 5.69 Å². The summed E-state index contributed by atoms with van der Waals surface area (Å²) in [5, 5.41) is 5.51. The molecule has 0 saturated heterocycles. The lowest BCUT2D eigenvalue weighted by molar-refractivity contribution is -0.127. The Morgan fingerprint density at radius 1 is 1.28 bits per heavy atom. The first-order valence-electron chi connectivity index (χ1n) is 8.40. The van der Waals surface area contributed by atoms with E-state index in [1.165, 1.54) is 0 Å². The van der Waals surface area contributed by atoms with Gasteiger partial charge in [-0.05, 0) is 44.4 Å². The molecular weight excluding hydrogens is 320 g/mol. The number of aromatic amines is 1. The summed E-state index contributed by atoms with van der Waals surface area (Å²) in [6, 6.07) is 7.25. The second-order valence-corrected chi connectivity index (χ2v) is 6.44. The molecule has 7 nitrogen and oxygen atoms in total. The molecule has 1 saturated carbocycles. The maximum atomic E-state index is 11.9. The molecule has 7 heteroatoms. The third-order valence-corrected chi connectivity index (χ3v) is 4.36. The number of hydrogen-bond acceptors (Lipinski definition) is 3. The van der Waals surface area contributed by atoms with Crippen LogP contribution in [0.15, 0.2) is 35.3 Å². The fourth-order valence-corrected chi connectivity index (χ4v) is 2.72. The van der Waals surface area contributed by atoms with Gasteiger partial charge < -0.3 is 15.6 Å². The summed E-state index contributed by atoms with van der Waals surface area (Å²) in [5.74, 6) is -0.166. The van der Waals surface area contributed by atoms with Gasteiger partial charge in [-0.25, -0.2) is 4.79 Å². The molecular formula is C18H22N4O3. The second-order valence-electron chi connectivity index (χ2n) is 6.44. The largest absolute Gasteiger partial charge is 0.348 e. The molecule has 1 aromatic carbocycles. The Hall–Kier alpha value is -2.83. The van der Waals surface area contributed by atoms with E-state index >= 15 is 0 Å². The number of imidazole rings is 1. The molecule has 132 valence electrons. The van der Waals surface area contributed by atoms with Crippen LogP contribution in [0.25, 0.3) is 5.69 Å². The molecule has 1 aliphatic carbocycles. The normalized spacial score (nSPS) is 14.8. The minimum Gasteiger partial charge on any atom is -0.348 e. The topological polar surface area (TPSA) is 96.0 Å². The predicted molar refractivity (Wildman–Crippen MR) is 93.4 cm³/mol. The van der Waals surface area contributed by atoms with Gasteiger partial charge in [0.05, 0.1) is 18.3 Å². The van der Waals surface area contributed by atoms with Crippen LogP contribution < -0.4 is 16.3 Å². The van der Waals surface area contributed by atoms with Crippen molar-refractivity contribution in [2.45, 2.75) is 32.7 Å². The first-order valence-corrected chi connectivity index (χ1v) is 8.40. The predicted octanol–water partition coefficient (Wildman–Crippen LogP) is 1.18. The number of benzene rings is 1. The van der Waals surface area contributed by atoms with Gasteiger partial charge in [0, 0.05) is 17.8 Å². The van der Waals surface area contributed by atoms with Crippen molar-refractivity contribution in [2.75, 3.05) is 6.54 Å². The quantitative estimate of drug-likeness (QED) is 0.735. The molecule has 0 spiro atoms. The molecule has 25 heavy (non-hydrogen) atoms. The van der Waals surface area contributed by atoms with Crippen LogP contribution in [0.5, 0.6) is 0 Å². The Balaban J connectivity index is 1.58. The number of rotatable bonds is 6. The number of H-pyrrole nitrogens is 1. The minimum absolute atomic E-state index is 0.00427. The number of amides is 2. The maximum Gasteiger partial charge on any atom is 0.330 e. The van der Waals surface area contributed by atoms with E-state index in [0.29, 0.717) is 0 Å². The lowest BCUT2D eigenvalue weighted by Gasteiger charge is -2.15. The highest BCUT2D eigenvalue weighted by Crippen LogP contribution is 2.28. The first kappa shape index (κ1) is 17.0. The summed E-state index contributed by atoms with van der Waals surface area (Å²) >= 11 is 0. The molecule has 2 amide bonds. The molecule has 1 fully saturated rings. The van der Waals surface area contributed by atoms with Gasteiger partial charge in [0.25, 0.3) is 0 Å². The lowest BCUT2D eigenvalue weighted by atomic mass is 10.1. The summed E-state index contributed by atoms with van der Waals surface area (Å²) in [7, 11) is 0. The van der Waals surface area contributed by atoms with Gasteiger partial charge in [-0.1, -0.05) is 12.1 Å². The molecule has 0 aliphatic heterocycles. The molecule has 0 bridgehead atoms. The molecule has 1 aromatic heterocycles. The molecule has 0 radical (unpaired) electrons. The molecule has 1 heterocycles. The van der Waals surface area contributed by atoms with E-state index in [1.54, 1.807) is 10.8 Å².